The third kappa shape index (κ3) is 2.66. The quantitative estimate of drug-likeness (QED) is 0.702. The van der Waals surface area contributed by atoms with Crippen LogP contribution in [0.2, 0.25) is 5.02 Å². The van der Waals surface area contributed by atoms with Gasteiger partial charge in [-0.1, -0.05) is 23.7 Å². The summed E-state index contributed by atoms with van der Waals surface area (Å²) in [6.07, 6.45) is 1.83. The van der Waals surface area contributed by atoms with Crippen molar-refractivity contribution in [3.63, 3.8) is 0 Å². The third-order valence-electron chi connectivity index (χ3n) is 3.31. The zero-order valence-electron chi connectivity index (χ0n) is 11.6. The summed E-state index contributed by atoms with van der Waals surface area (Å²) in [5.74, 6) is -0.391. The van der Waals surface area contributed by atoms with Crippen LogP contribution in [0.4, 0.5) is 8.78 Å². The lowest BCUT2D eigenvalue weighted by atomic mass is 9.89. The van der Waals surface area contributed by atoms with E-state index in [2.05, 4.69) is 0 Å². The number of benzene rings is 2. The van der Waals surface area contributed by atoms with Crippen LogP contribution in [0.3, 0.4) is 0 Å². The lowest BCUT2D eigenvalue weighted by Gasteiger charge is -2.31. The molecule has 4 heteroatoms. The zero-order chi connectivity index (χ0) is 15.2. The van der Waals surface area contributed by atoms with Crippen molar-refractivity contribution in [1.82, 2.24) is 0 Å². The highest BCUT2D eigenvalue weighted by Crippen LogP contribution is 2.42. The molecule has 1 aliphatic rings. The van der Waals surface area contributed by atoms with Crippen LogP contribution in [0.15, 0.2) is 42.5 Å². The summed E-state index contributed by atoms with van der Waals surface area (Å²) >= 11 is 5.90. The Morgan fingerprint density at radius 3 is 2.38 bits per heavy atom. The maximum Gasteiger partial charge on any atom is 0.136 e. The Labute approximate surface area is 126 Å². The van der Waals surface area contributed by atoms with Gasteiger partial charge in [-0.15, -0.1) is 0 Å². The first kappa shape index (κ1) is 14.1. The first-order chi connectivity index (χ1) is 9.85. The standard InChI is InChI=1S/C17H13ClF2O/c1-17(2)9-13(10-3-5-12(19)6-4-10)16-14(20)7-11(18)8-15(16)21-17/h3-9H,1-2H3. The minimum Gasteiger partial charge on any atom is -0.483 e. The summed E-state index contributed by atoms with van der Waals surface area (Å²) in [6, 6.07) is 8.80. The van der Waals surface area contributed by atoms with Gasteiger partial charge in [0.25, 0.3) is 0 Å². The van der Waals surface area contributed by atoms with Gasteiger partial charge in [0.2, 0.25) is 0 Å². The van der Waals surface area contributed by atoms with E-state index in [4.69, 9.17) is 16.3 Å². The molecule has 0 unspecified atom stereocenters. The average molecular weight is 307 g/mol. The van der Waals surface area contributed by atoms with Crippen molar-refractivity contribution in [3.05, 3.63) is 70.3 Å². The highest BCUT2D eigenvalue weighted by molar-refractivity contribution is 6.30. The van der Waals surface area contributed by atoms with E-state index in [1.165, 1.54) is 18.2 Å². The molecule has 21 heavy (non-hydrogen) atoms. The maximum atomic E-state index is 14.3. The molecule has 0 fully saturated rings. The molecular formula is C17H13ClF2O. The van der Waals surface area contributed by atoms with Gasteiger partial charge >= 0.3 is 0 Å². The summed E-state index contributed by atoms with van der Waals surface area (Å²) in [6.45, 7) is 3.75. The van der Waals surface area contributed by atoms with Crippen LogP contribution in [0.25, 0.3) is 5.57 Å². The molecule has 2 aromatic rings. The van der Waals surface area contributed by atoms with Crippen molar-refractivity contribution in [2.24, 2.45) is 0 Å². The molecule has 108 valence electrons. The number of fused-ring (bicyclic) bond motifs is 1. The predicted octanol–water partition coefficient (Wildman–Crippen LogP) is 5.22. The van der Waals surface area contributed by atoms with Crippen LogP contribution in [0.5, 0.6) is 5.75 Å². The van der Waals surface area contributed by atoms with E-state index in [-0.39, 0.29) is 10.8 Å². The van der Waals surface area contributed by atoms with E-state index in [0.717, 1.165) is 5.56 Å². The molecule has 1 nitrogen and oxygen atoms in total. The fraction of sp³-hybridized carbons (Fsp3) is 0.176. The van der Waals surface area contributed by atoms with Crippen molar-refractivity contribution < 1.29 is 13.5 Å². The topological polar surface area (TPSA) is 9.23 Å². The third-order valence-corrected chi connectivity index (χ3v) is 3.53. The largest absolute Gasteiger partial charge is 0.483 e. The fourth-order valence-corrected chi connectivity index (χ4v) is 2.68. The Bertz CT molecular complexity index is 733. The normalized spacial score (nSPS) is 16.0. The number of hydrogen-bond acceptors (Lipinski definition) is 1. The van der Waals surface area contributed by atoms with Crippen molar-refractivity contribution in [2.75, 3.05) is 0 Å². The predicted molar refractivity (Wildman–Crippen MR) is 79.6 cm³/mol. The molecule has 0 N–H and O–H groups in total. The molecule has 0 radical (unpaired) electrons. The van der Waals surface area contributed by atoms with Crippen LogP contribution < -0.4 is 4.74 Å². The molecule has 3 rings (SSSR count). The lowest BCUT2D eigenvalue weighted by molar-refractivity contribution is 0.157. The highest BCUT2D eigenvalue weighted by Gasteiger charge is 2.29. The number of rotatable bonds is 1. The van der Waals surface area contributed by atoms with Crippen LogP contribution in [0.1, 0.15) is 25.0 Å². The van der Waals surface area contributed by atoms with Crippen molar-refractivity contribution >= 4 is 17.2 Å². The highest BCUT2D eigenvalue weighted by atomic mass is 35.5. The first-order valence-electron chi connectivity index (χ1n) is 6.53. The van der Waals surface area contributed by atoms with E-state index < -0.39 is 11.4 Å². The number of ether oxygens (including phenoxy) is 1. The Hall–Kier alpha value is -1.87. The van der Waals surface area contributed by atoms with E-state index in [1.807, 2.05) is 19.9 Å². The second kappa shape index (κ2) is 4.85. The summed E-state index contributed by atoms with van der Waals surface area (Å²) in [4.78, 5) is 0. The van der Waals surface area contributed by atoms with Gasteiger partial charge in [-0.25, -0.2) is 8.78 Å². The molecule has 0 aliphatic carbocycles. The Balaban J connectivity index is 2.24. The Kier molecular flexibility index (Phi) is 3.25. The van der Waals surface area contributed by atoms with Crippen LogP contribution >= 0.6 is 11.6 Å². The maximum absolute atomic E-state index is 14.3. The van der Waals surface area contributed by atoms with Crippen LogP contribution in [0, 0.1) is 11.6 Å². The molecule has 0 aromatic heterocycles. The molecule has 2 aromatic carbocycles. The molecule has 0 amide bonds. The molecule has 0 saturated carbocycles. The van der Waals surface area contributed by atoms with E-state index >= 15 is 0 Å². The van der Waals surface area contributed by atoms with Crippen LogP contribution in [-0.4, -0.2) is 5.60 Å². The smallest absolute Gasteiger partial charge is 0.136 e. The van der Waals surface area contributed by atoms with Gasteiger partial charge in [0.15, 0.2) is 0 Å². The van der Waals surface area contributed by atoms with Gasteiger partial charge in [-0.3, -0.25) is 0 Å². The first-order valence-corrected chi connectivity index (χ1v) is 6.91. The molecule has 0 atom stereocenters. The van der Waals surface area contributed by atoms with Crippen molar-refractivity contribution in [3.8, 4) is 5.75 Å². The minimum absolute atomic E-state index is 0.280. The zero-order valence-corrected chi connectivity index (χ0v) is 12.3. The Morgan fingerprint density at radius 2 is 1.71 bits per heavy atom. The Morgan fingerprint density at radius 1 is 1.05 bits per heavy atom. The van der Waals surface area contributed by atoms with Gasteiger partial charge in [0, 0.05) is 5.02 Å². The molecule has 0 spiro atoms. The van der Waals surface area contributed by atoms with Crippen LogP contribution in [-0.2, 0) is 0 Å². The van der Waals surface area contributed by atoms with Gasteiger partial charge in [0.05, 0.1) is 5.56 Å². The molecular weight excluding hydrogens is 294 g/mol. The fourth-order valence-electron chi connectivity index (χ4n) is 2.48. The molecule has 1 aliphatic heterocycles. The number of hydrogen-bond donors (Lipinski definition) is 0. The van der Waals surface area contributed by atoms with E-state index in [0.29, 0.717) is 16.9 Å². The molecule has 1 heterocycles. The van der Waals surface area contributed by atoms with Crippen molar-refractivity contribution in [1.29, 1.82) is 0 Å². The summed E-state index contributed by atoms with van der Waals surface area (Å²) in [7, 11) is 0. The van der Waals surface area contributed by atoms with E-state index in [9.17, 15) is 8.78 Å². The van der Waals surface area contributed by atoms with Crippen molar-refractivity contribution in [2.45, 2.75) is 19.4 Å². The average Bonchev–Trinajstić information content (AvgIpc) is 2.36. The SMILES string of the molecule is CC1(C)C=C(c2ccc(F)cc2)c2c(F)cc(Cl)cc2O1. The minimum atomic E-state index is -0.603. The lowest BCUT2D eigenvalue weighted by Crippen LogP contribution is -2.29. The van der Waals surface area contributed by atoms with Gasteiger partial charge < -0.3 is 4.74 Å². The summed E-state index contributed by atoms with van der Waals surface area (Å²) < 4.78 is 33.2. The molecule has 0 saturated heterocycles. The molecule has 0 bridgehead atoms. The monoisotopic (exact) mass is 306 g/mol. The van der Waals surface area contributed by atoms with Gasteiger partial charge in [-0.2, -0.15) is 0 Å². The van der Waals surface area contributed by atoms with E-state index in [1.54, 1.807) is 18.2 Å². The second-order valence-corrected chi connectivity index (χ2v) is 5.97. The van der Waals surface area contributed by atoms with Gasteiger partial charge in [-0.05, 0) is 55.3 Å². The summed E-state index contributed by atoms with van der Waals surface area (Å²) in [5, 5.41) is 0.280. The number of halogens is 3. The van der Waals surface area contributed by atoms with Gasteiger partial charge in [0.1, 0.15) is 23.0 Å². The summed E-state index contributed by atoms with van der Waals surface area (Å²) in [5.41, 5.74) is 1.16. The second-order valence-electron chi connectivity index (χ2n) is 5.53.